The molecule has 3 aromatic rings. The number of nitrogens with zero attached hydrogens (tertiary/aromatic N) is 5. The molecule has 1 heterocycles. The molecule has 0 bridgehead atoms. The first-order valence-corrected chi connectivity index (χ1v) is 15.9. The van der Waals surface area contributed by atoms with Crippen LogP contribution in [0.3, 0.4) is 0 Å². The molecule has 47 heavy (non-hydrogen) atoms. The zero-order valence-corrected chi connectivity index (χ0v) is 29.3. The lowest BCUT2D eigenvalue weighted by molar-refractivity contribution is 0.306. The minimum Gasteiger partial charge on any atom is -0.508 e. The van der Waals surface area contributed by atoms with Crippen LogP contribution >= 0.6 is 0 Å². The van der Waals surface area contributed by atoms with Gasteiger partial charge in [0.25, 0.3) is 0 Å². The highest BCUT2D eigenvalue weighted by atomic mass is 16.6. The van der Waals surface area contributed by atoms with Crippen LogP contribution in [0.2, 0.25) is 0 Å². The second-order valence-electron chi connectivity index (χ2n) is 11.1. The molecule has 0 amide bonds. The topological polar surface area (TPSA) is 103 Å². The van der Waals surface area contributed by atoms with Crippen LogP contribution in [0.1, 0.15) is 27.7 Å². The molecule has 3 aromatic carbocycles. The molecule has 3 N–H and O–H groups in total. The van der Waals surface area contributed by atoms with E-state index in [0.29, 0.717) is 17.2 Å². The van der Waals surface area contributed by atoms with Crippen molar-refractivity contribution < 1.29 is 19.1 Å². The van der Waals surface area contributed by atoms with Gasteiger partial charge in [-0.1, -0.05) is 6.07 Å². The highest BCUT2D eigenvalue weighted by Crippen LogP contribution is 2.31. The summed E-state index contributed by atoms with van der Waals surface area (Å²) in [6.45, 7) is 12.4. The maximum absolute atomic E-state index is 9.04. The number of benzene rings is 4. The SMILES string of the molecule is CCN(CC)c1ccc(ON)c(OC)c1.CCN(CC)c1ccc2nc3ccc(=[N+](C)C)cc-3oc2c1.CN(C)c1cccc(O)c1. The van der Waals surface area contributed by atoms with E-state index in [-0.39, 0.29) is 0 Å². The van der Waals surface area contributed by atoms with Crippen LogP contribution in [0.4, 0.5) is 17.1 Å². The highest BCUT2D eigenvalue weighted by Gasteiger charge is 2.12. The molecule has 0 fully saturated rings. The lowest BCUT2D eigenvalue weighted by atomic mass is 10.2. The zero-order chi connectivity index (χ0) is 34.5. The highest BCUT2D eigenvalue weighted by molar-refractivity contribution is 5.80. The first kappa shape index (κ1) is 36.5. The number of anilines is 3. The molecule has 0 saturated heterocycles. The Morgan fingerprint density at radius 3 is 1.94 bits per heavy atom. The van der Waals surface area contributed by atoms with Gasteiger partial charge in [-0.05, 0) is 70.2 Å². The Bertz CT molecular complexity index is 1740. The van der Waals surface area contributed by atoms with Crippen molar-refractivity contribution in [3.63, 3.8) is 0 Å². The Balaban J connectivity index is 0.000000208. The average molecular weight is 644 g/mol. The molecule has 1 aliphatic carbocycles. The Morgan fingerprint density at radius 2 is 1.40 bits per heavy atom. The lowest BCUT2D eigenvalue weighted by Crippen LogP contribution is -2.21. The van der Waals surface area contributed by atoms with Crippen LogP contribution < -0.4 is 40.1 Å². The van der Waals surface area contributed by atoms with Gasteiger partial charge >= 0.3 is 0 Å². The van der Waals surface area contributed by atoms with Crippen LogP contribution in [0, 0.1) is 0 Å². The van der Waals surface area contributed by atoms with E-state index >= 15 is 0 Å². The largest absolute Gasteiger partial charge is 0.508 e. The average Bonchev–Trinajstić information content (AvgIpc) is 3.08. The number of fused-ring (bicyclic) bond motifs is 2. The van der Waals surface area contributed by atoms with E-state index in [4.69, 9.17) is 30.0 Å². The van der Waals surface area contributed by atoms with E-state index in [1.54, 1.807) is 19.2 Å². The maximum atomic E-state index is 9.04. The standard InChI is InChI=1S/C18H22N3O.C11H18N2O2.C8H11NO/c1-5-21(6-2)14-8-10-16-18(12-14)22-17-11-13(20(3)4)7-9-15(17)19-16;1-4-13(5-2)9-6-7-10(15-12)11(8-9)14-3;1-9(2)7-4-3-5-8(10)6-7/h7-12H,5-6H2,1-4H3;6-8H,4-5,12H2,1-3H3;3-6,10H,1-2H3/q+1;;. The van der Waals surface area contributed by atoms with Crippen LogP contribution in [-0.4, -0.2) is 71.6 Å². The van der Waals surface area contributed by atoms with E-state index in [1.807, 2.05) is 81.6 Å². The number of aromatic hydroxyl groups is 1. The fourth-order valence-corrected chi connectivity index (χ4v) is 4.98. The normalized spacial score (nSPS) is 10.3. The van der Waals surface area contributed by atoms with Crippen molar-refractivity contribution in [3.05, 3.63) is 84.2 Å². The molecule has 0 saturated carbocycles. The summed E-state index contributed by atoms with van der Waals surface area (Å²) < 4.78 is 13.3. The van der Waals surface area contributed by atoms with Crippen molar-refractivity contribution in [2.24, 2.45) is 5.90 Å². The molecule has 10 heteroatoms. The van der Waals surface area contributed by atoms with Gasteiger partial charge in [0.15, 0.2) is 22.8 Å². The quantitative estimate of drug-likeness (QED) is 0.113. The minimum atomic E-state index is 0.311. The number of ether oxygens (including phenoxy) is 1. The van der Waals surface area contributed by atoms with Crippen molar-refractivity contribution >= 4 is 28.2 Å². The van der Waals surface area contributed by atoms with Gasteiger partial charge in [0, 0.05) is 81.6 Å². The molecule has 10 nitrogen and oxygen atoms in total. The van der Waals surface area contributed by atoms with E-state index in [9.17, 15) is 0 Å². The lowest BCUT2D eigenvalue weighted by Gasteiger charge is -2.21. The number of phenolic OH excluding ortho intramolecular Hbond substituents is 1. The molecule has 252 valence electrons. The summed E-state index contributed by atoms with van der Waals surface area (Å²) in [6, 6.07) is 25.2. The molecular weight excluding hydrogens is 592 g/mol. The van der Waals surface area contributed by atoms with Crippen LogP contribution in [0.15, 0.2) is 83.3 Å². The second-order valence-corrected chi connectivity index (χ2v) is 11.1. The molecule has 0 atom stereocenters. The summed E-state index contributed by atoms with van der Waals surface area (Å²) in [5.74, 6) is 7.45. The molecular formula is C37H51N6O4+. The molecule has 0 aromatic heterocycles. The maximum Gasteiger partial charge on any atom is 0.203 e. The van der Waals surface area contributed by atoms with Crippen molar-refractivity contribution in [2.45, 2.75) is 27.7 Å². The van der Waals surface area contributed by atoms with Crippen molar-refractivity contribution in [1.29, 1.82) is 0 Å². The van der Waals surface area contributed by atoms with Crippen molar-refractivity contribution in [1.82, 2.24) is 9.56 Å². The van der Waals surface area contributed by atoms with Gasteiger partial charge in [-0.2, -0.15) is 5.90 Å². The summed E-state index contributed by atoms with van der Waals surface area (Å²) in [5, 5.41) is 10.1. The molecule has 5 rings (SSSR count). The van der Waals surface area contributed by atoms with Gasteiger partial charge in [0.1, 0.15) is 31.1 Å². The summed E-state index contributed by atoms with van der Waals surface area (Å²) in [6.07, 6.45) is 0. The van der Waals surface area contributed by atoms with Crippen molar-refractivity contribution in [2.75, 3.05) is 76.2 Å². The third-order valence-electron chi connectivity index (χ3n) is 7.74. The molecule has 2 aliphatic rings. The number of hydrogen-bond donors (Lipinski definition) is 2. The van der Waals surface area contributed by atoms with Gasteiger partial charge in [-0.15, -0.1) is 0 Å². The van der Waals surface area contributed by atoms with Gasteiger partial charge in [-0.25, -0.2) is 9.56 Å². The Morgan fingerprint density at radius 1 is 0.766 bits per heavy atom. The number of hydrogen-bond acceptors (Lipinski definition) is 9. The summed E-state index contributed by atoms with van der Waals surface area (Å²) in [4.78, 5) is 15.9. The Labute approximate surface area is 279 Å². The minimum absolute atomic E-state index is 0.311. The number of methoxy groups -OCH3 is 1. The predicted molar refractivity (Wildman–Crippen MR) is 195 cm³/mol. The molecule has 1 aliphatic heterocycles. The Hall–Kier alpha value is -4.96. The smallest absolute Gasteiger partial charge is 0.203 e. The fourth-order valence-electron chi connectivity index (χ4n) is 4.98. The number of aromatic nitrogens is 1. The first-order chi connectivity index (χ1) is 22.6. The van der Waals surface area contributed by atoms with Gasteiger partial charge in [0.05, 0.1) is 13.2 Å². The van der Waals surface area contributed by atoms with Crippen LogP contribution in [0.5, 0.6) is 17.2 Å². The van der Waals surface area contributed by atoms with Crippen LogP contribution in [0.25, 0.3) is 22.6 Å². The molecule has 0 unspecified atom stereocenters. The third kappa shape index (κ3) is 9.76. The second kappa shape index (κ2) is 17.7. The summed E-state index contributed by atoms with van der Waals surface area (Å²) in [5.41, 5.74) is 5.89. The zero-order valence-electron chi connectivity index (χ0n) is 29.3. The molecule has 0 radical (unpaired) electrons. The monoisotopic (exact) mass is 643 g/mol. The predicted octanol–water partition coefficient (Wildman–Crippen LogP) is 6.06. The van der Waals surface area contributed by atoms with E-state index in [0.717, 1.165) is 65.5 Å². The van der Waals surface area contributed by atoms with E-state index < -0.39 is 0 Å². The van der Waals surface area contributed by atoms with E-state index in [1.165, 1.54) is 5.69 Å². The van der Waals surface area contributed by atoms with Gasteiger partial charge in [0.2, 0.25) is 5.36 Å². The van der Waals surface area contributed by atoms with Crippen molar-refractivity contribution in [3.8, 4) is 28.7 Å². The third-order valence-corrected chi connectivity index (χ3v) is 7.74. The van der Waals surface area contributed by atoms with E-state index in [2.05, 4.69) is 60.3 Å². The summed E-state index contributed by atoms with van der Waals surface area (Å²) in [7, 11) is 9.52. The molecule has 0 spiro atoms. The van der Waals surface area contributed by atoms with Crippen LogP contribution in [-0.2, 0) is 0 Å². The number of rotatable bonds is 9. The summed E-state index contributed by atoms with van der Waals surface area (Å²) >= 11 is 0. The fraction of sp³-hybridized carbons (Fsp3) is 0.351. The first-order valence-electron chi connectivity index (χ1n) is 15.9. The number of nitrogens with two attached hydrogens (primary N) is 1. The van der Waals surface area contributed by atoms with Gasteiger partial charge < -0.3 is 33.8 Å². The number of phenols is 1. The van der Waals surface area contributed by atoms with Gasteiger partial charge in [-0.3, -0.25) is 0 Å². The Kier molecular flexibility index (Phi) is 13.7.